The summed E-state index contributed by atoms with van der Waals surface area (Å²) >= 11 is 0. The number of rotatable bonds is 3. The molecule has 0 radical (unpaired) electrons. The van der Waals surface area contributed by atoms with Gasteiger partial charge in [-0.15, -0.1) is 0 Å². The number of halogens is 16. The third-order valence-corrected chi connectivity index (χ3v) is 2.59. The third kappa shape index (κ3) is 3.09. The fourth-order valence-corrected chi connectivity index (χ4v) is 1.30. The van der Waals surface area contributed by atoms with Crippen molar-refractivity contribution in [2.45, 2.75) is 42.0 Å². The molecule has 0 saturated heterocycles. The average molecular weight is 416 g/mol. The largest absolute Gasteiger partial charge is 0.457 e. The van der Waals surface area contributed by atoms with Crippen molar-refractivity contribution in [1.29, 1.82) is 0 Å². The van der Waals surface area contributed by atoms with Crippen LogP contribution in [0.4, 0.5) is 70.2 Å². The SMILES string of the molecule is O=C(C(F)(C(F)(F)F)C(F)(F)F)C(F)(C(F)(F)F)C(F)(F)C(F)(F)F. The van der Waals surface area contributed by atoms with Gasteiger partial charge in [-0.3, -0.25) is 4.79 Å². The van der Waals surface area contributed by atoms with Gasteiger partial charge >= 0.3 is 42.0 Å². The molecule has 0 saturated carbocycles. The topological polar surface area (TPSA) is 17.1 Å². The van der Waals surface area contributed by atoms with Crippen molar-refractivity contribution < 1.29 is 75.0 Å². The number of alkyl halides is 16. The molecule has 0 N–H and O–H groups in total. The lowest BCUT2D eigenvalue weighted by atomic mass is 9.81. The second-order valence-electron chi connectivity index (χ2n) is 4.21. The molecule has 0 rings (SSSR count). The van der Waals surface area contributed by atoms with E-state index in [1.807, 2.05) is 0 Å². The zero-order valence-corrected chi connectivity index (χ0v) is 10.5. The van der Waals surface area contributed by atoms with E-state index in [1.165, 1.54) is 0 Å². The zero-order valence-electron chi connectivity index (χ0n) is 10.5. The predicted octanol–water partition coefficient (Wildman–Crippen LogP) is 4.86. The molecule has 17 heteroatoms. The van der Waals surface area contributed by atoms with Gasteiger partial charge in [-0.25, -0.2) is 8.78 Å². The third-order valence-electron chi connectivity index (χ3n) is 2.59. The lowest BCUT2D eigenvalue weighted by Crippen LogP contribution is -2.74. The Labute approximate surface area is 124 Å². The maximum Gasteiger partial charge on any atom is 0.457 e. The van der Waals surface area contributed by atoms with Gasteiger partial charge in [0.2, 0.25) is 5.78 Å². The number of carbonyl (C=O) groups is 1. The summed E-state index contributed by atoms with van der Waals surface area (Å²) in [6.45, 7) is 0. The smallest absolute Gasteiger partial charge is 0.291 e. The van der Waals surface area contributed by atoms with E-state index in [1.54, 1.807) is 0 Å². The molecule has 1 nitrogen and oxygen atoms in total. The van der Waals surface area contributed by atoms with Crippen LogP contribution in [-0.4, -0.2) is 47.7 Å². The first kappa shape index (κ1) is 23.5. The molecule has 0 aromatic heterocycles. The molecule has 0 heterocycles. The summed E-state index contributed by atoms with van der Waals surface area (Å²) in [5.41, 5.74) is -16.3. The van der Waals surface area contributed by atoms with Crippen LogP contribution in [0.3, 0.4) is 0 Å². The van der Waals surface area contributed by atoms with Crippen LogP contribution in [0.25, 0.3) is 0 Å². The first-order valence-electron chi connectivity index (χ1n) is 4.98. The Balaban J connectivity index is 7.00. The van der Waals surface area contributed by atoms with Gasteiger partial charge < -0.3 is 0 Å². The number of Topliss-reactive ketones (excluding diaryl/α,β-unsaturated/α-hetero) is 1. The van der Waals surface area contributed by atoms with Crippen molar-refractivity contribution in [3.05, 3.63) is 0 Å². The highest BCUT2D eigenvalue weighted by atomic mass is 19.4. The molecule has 1 unspecified atom stereocenters. The molecule has 0 aromatic rings. The molecule has 0 fully saturated rings. The quantitative estimate of drug-likeness (QED) is 0.602. The highest BCUT2D eigenvalue weighted by Gasteiger charge is 2.92. The van der Waals surface area contributed by atoms with E-state index < -0.39 is 47.7 Å². The molecule has 0 aliphatic carbocycles. The van der Waals surface area contributed by atoms with Gasteiger partial charge in [0, 0.05) is 0 Å². The summed E-state index contributed by atoms with van der Waals surface area (Å²) in [7, 11) is 0. The molecular weight excluding hydrogens is 416 g/mol. The molecule has 25 heavy (non-hydrogen) atoms. The summed E-state index contributed by atoms with van der Waals surface area (Å²) in [5, 5.41) is 0. The van der Waals surface area contributed by atoms with E-state index in [9.17, 15) is 75.0 Å². The molecule has 0 aromatic carbocycles. The lowest BCUT2D eigenvalue weighted by Gasteiger charge is -2.39. The van der Waals surface area contributed by atoms with Crippen molar-refractivity contribution in [2.24, 2.45) is 0 Å². The van der Waals surface area contributed by atoms with Crippen molar-refractivity contribution >= 4 is 5.78 Å². The Morgan fingerprint density at radius 2 is 0.640 bits per heavy atom. The van der Waals surface area contributed by atoms with Crippen LogP contribution in [0, 0.1) is 0 Å². The molecular formula is C8F16O. The van der Waals surface area contributed by atoms with Crippen LogP contribution in [0.2, 0.25) is 0 Å². The predicted molar refractivity (Wildman–Crippen MR) is 41.9 cm³/mol. The van der Waals surface area contributed by atoms with E-state index in [0.717, 1.165) is 0 Å². The van der Waals surface area contributed by atoms with Gasteiger partial charge in [0.15, 0.2) is 0 Å². The second kappa shape index (κ2) is 5.52. The number of hydrogen-bond acceptors (Lipinski definition) is 1. The minimum atomic E-state index is -8.24. The van der Waals surface area contributed by atoms with Crippen LogP contribution in [-0.2, 0) is 4.79 Å². The van der Waals surface area contributed by atoms with Crippen molar-refractivity contribution in [3.63, 3.8) is 0 Å². The van der Waals surface area contributed by atoms with Crippen LogP contribution in [0.15, 0.2) is 0 Å². The first-order chi connectivity index (χ1) is 10.4. The molecule has 0 spiro atoms. The summed E-state index contributed by atoms with van der Waals surface area (Å²) in [6.07, 6.45) is -31.5. The summed E-state index contributed by atoms with van der Waals surface area (Å²) in [6, 6.07) is 0. The highest BCUT2D eigenvalue weighted by molar-refractivity contribution is 5.98. The molecule has 0 aliphatic heterocycles. The Hall–Kier alpha value is -1.45. The van der Waals surface area contributed by atoms with E-state index >= 15 is 0 Å². The van der Waals surface area contributed by atoms with Gasteiger partial charge in [-0.05, 0) is 0 Å². The minimum Gasteiger partial charge on any atom is -0.291 e. The van der Waals surface area contributed by atoms with Crippen molar-refractivity contribution in [2.75, 3.05) is 0 Å². The average Bonchev–Trinajstić information content (AvgIpc) is 2.29. The Morgan fingerprint density at radius 3 is 0.800 bits per heavy atom. The second-order valence-corrected chi connectivity index (χ2v) is 4.21. The number of carbonyl (C=O) groups excluding carboxylic acids is 1. The Kier molecular flexibility index (Phi) is 5.20. The van der Waals surface area contributed by atoms with E-state index in [2.05, 4.69) is 0 Å². The molecule has 0 bridgehead atoms. The monoisotopic (exact) mass is 416 g/mol. The Morgan fingerprint density at radius 1 is 0.400 bits per heavy atom. The zero-order chi connectivity index (χ0) is 21.1. The molecule has 0 amide bonds. The normalized spacial score (nSPS) is 18.1. The first-order valence-corrected chi connectivity index (χ1v) is 4.98. The van der Waals surface area contributed by atoms with E-state index in [4.69, 9.17) is 0 Å². The van der Waals surface area contributed by atoms with Gasteiger partial charge in [0.05, 0.1) is 0 Å². The summed E-state index contributed by atoms with van der Waals surface area (Å²) in [5.74, 6) is -14.0. The van der Waals surface area contributed by atoms with Crippen LogP contribution in [0.5, 0.6) is 0 Å². The Bertz CT molecular complexity index is 502. The molecule has 1 atom stereocenters. The summed E-state index contributed by atoms with van der Waals surface area (Å²) in [4.78, 5) is 10.6. The van der Waals surface area contributed by atoms with Crippen molar-refractivity contribution in [3.8, 4) is 0 Å². The van der Waals surface area contributed by atoms with Gasteiger partial charge in [-0.2, -0.15) is 61.5 Å². The van der Waals surface area contributed by atoms with Gasteiger partial charge in [0.1, 0.15) is 0 Å². The minimum absolute atomic E-state index is 5.77. The highest BCUT2D eigenvalue weighted by Crippen LogP contribution is 2.58. The van der Waals surface area contributed by atoms with Crippen molar-refractivity contribution in [1.82, 2.24) is 0 Å². The number of hydrogen-bond donors (Lipinski definition) is 0. The lowest BCUT2D eigenvalue weighted by molar-refractivity contribution is -0.383. The van der Waals surface area contributed by atoms with Gasteiger partial charge in [-0.1, -0.05) is 0 Å². The van der Waals surface area contributed by atoms with Crippen LogP contribution >= 0.6 is 0 Å². The maximum atomic E-state index is 13.3. The van der Waals surface area contributed by atoms with E-state index in [-0.39, 0.29) is 0 Å². The fraction of sp³-hybridized carbons (Fsp3) is 0.875. The summed E-state index contributed by atoms with van der Waals surface area (Å²) < 4.78 is 197. The van der Waals surface area contributed by atoms with E-state index in [0.29, 0.717) is 0 Å². The molecule has 0 aliphatic rings. The van der Waals surface area contributed by atoms with Gasteiger partial charge in [0.25, 0.3) is 0 Å². The standard InChI is InChI=1S/C8F16O/c9-2(5(13,14)15,4(11,12)8(22,23)24)1(25)3(10,6(16,17)18)7(19,20)21. The van der Waals surface area contributed by atoms with Crippen LogP contribution in [0.1, 0.15) is 0 Å². The maximum absolute atomic E-state index is 13.3. The van der Waals surface area contributed by atoms with Crippen LogP contribution < -0.4 is 0 Å². The fourth-order valence-electron chi connectivity index (χ4n) is 1.30. The number of ketones is 1. The molecule has 150 valence electrons.